The first-order valence-electron chi connectivity index (χ1n) is 6.86. The van der Waals surface area contributed by atoms with Crippen molar-refractivity contribution in [2.75, 3.05) is 13.2 Å². The molecule has 0 radical (unpaired) electrons. The number of nitriles is 1. The Bertz CT molecular complexity index is 619. The fourth-order valence-electron chi connectivity index (χ4n) is 2.08. The van der Waals surface area contributed by atoms with E-state index in [9.17, 15) is 0 Å². The maximum Gasteiger partial charge on any atom is 0.145 e. The molecular formula is C16H19N3O. The third-order valence-electron chi connectivity index (χ3n) is 3.09. The molecule has 0 spiro atoms. The molecule has 104 valence electrons. The molecule has 4 heteroatoms. The second kappa shape index (κ2) is 6.88. The molecular weight excluding hydrogens is 250 g/mol. The molecule has 0 aliphatic heterocycles. The van der Waals surface area contributed by atoms with Gasteiger partial charge in [-0.3, -0.25) is 0 Å². The van der Waals surface area contributed by atoms with E-state index in [2.05, 4.69) is 16.4 Å². The number of aryl methyl sites for hydroxylation is 1. The predicted molar refractivity (Wildman–Crippen MR) is 79.7 cm³/mol. The number of nitrogens with zero attached hydrogens (tertiary/aromatic N) is 2. The molecule has 2 rings (SSSR count). The van der Waals surface area contributed by atoms with Gasteiger partial charge in [0.05, 0.1) is 18.7 Å². The van der Waals surface area contributed by atoms with Crippen molar-refractivity contribution in [3.8, 4) is 11.8 Å². The molecule has 0 aliphatic carbocycles. The minimum Gasteiger partial charge on any atom is -0.491 e. The largest absolute Gasteiger partial charge is 0.491 e. The Morgan fingerprint density at radius 3 is 2.95 bits per heavy atom. The smallest absolute Gasteiger partial charge is 0.145 e. The van der Waals surface area contributed by atoms with E-state index in [-0.39, 0.29) is 6.04 Å². The van der Waals surface area contributed by atoms with E-state index in [0.717, 1.165) is 28.9 Å². The van der Waals surface area contributed by atoms with Crippen LogP contribution in [-0.2, 0) is 0 Å². The van der Waals surface area contributed by atoms with Gasteiger partial charge in [-0.25, -0.2) is 4.98 Å². The number of hydrogen-bond donors (Lipinski definition) is 1. The lowest BCUT2D eigenvalue weighted by Gasteiger charge is -2.12. The van der Waals surface area contributed by atoms with Crippen molar-refractivity contribution in [2.45, 2.75) is 26.3 Å². The highest BCUT2D eigenvalue weighted by Crippen LogP contribution is 2.24. The molecule has 1 heterocycles. The first-order valence-corrected chi connectivity index (χ1v) is 6.86. The van der Waals surface area contributed by atoms with E-state index in [0.29, 0.717) is 13.0 Å². The van der Waals surface area contributed by atoms with Gasteiger partial charge in [0, 0.05) is 17.5 Å². The van der Waals surface area contributed by atoms with Crippen molar-refractivity contribution >= 4 is 10.9 Å². The summed E-state index contributed by atoms with van der Waals surface area (Å²) in [5.74, 6) is 0.777. The maximum absolute atomic E-state index is 8.98. The van der Waals surface area contributed by atoms with E-state index in [1.165, 1.54) is 0 Å². The van der Waals surface area contributed by atoms with Crippen LogP contribution in [0.15, 0.2) is 30.3 Å². The third-order valence-corrected chi connectivity index (χ3v) is 3.09. The summed E-state index contributed by atoms with van der Waals surface area (Å²) < 4.78 is 5.80. The SMILES string of the molecule is CCNC(C#N)CCOc1cccc2ccc(C)nc12. The van der Waals surface area contributed by atoms with Crippen LogP contribution in [0.1, 0.15) is 19.0 Å². The summed E-state index contributed by atoms with van der Waals surface area (Å²) in [6, 6.07) is 12.0. The molecule has 0 saturated carbocycles. The van der Waals surface area contributed by atoms with Crippen LogP contribution >= 0.6 is 0 Å². The normalized spacial score (nSPS) is 12.1. The Kier molecular flexibility index (Phi) is 4.91. The van der Waals surface area contributed by atoms with Gasteiger partial charge in [0.1, 0.15) is 11.3 Å². The van der Waals surface area contributed by atoms with Gasteiger partial charge in [-0.15, -0.1) is 0 Å². The number of pyridine rings is 1. The minimum absolute atomic E-state index is 0.162. The van der Waals surface area contributed by atoms with E-state index in [1.54, 1.807) is 0 Å². The fraction of sp³-hybridized carbons (Fsp3) is 0.375. The second-order valence-electron chi connectivity index (χ2n) is 4.66. The van der Waals surface area contributed by atoms with Crippen molar-refractivity contribution in [3.63, 3.8) is 0 Å². The van der Waals surface area contributed by atoms with Gasteiger partial charge in [0.2, 0.25) is 0 Å². The molecule has 1 atom stereocenters. The highest BCUT2D eigenvalue weighted by Gasteiger charge is 2.07. The molecule has 2 aromatic rings. The average molecular weight is 269 g/mol. The van der Waals surface area contributed by atoms with Gasteiger partial charge in [-0.05, 0) is 25.6 Å². The lowest BCUT2D eigenvalue weighted by molar-refractivity contribution is 0.301. The number of ether oxygens (including phenoxy) is 1. The van der Waals surface area contributed by atoms with Crippen LogP contribution in [0.2, 0.25) is 0 Å². The minimum atomic E-state index is -0.162. The quantitative estimate of drug-likeness (QED) is 0.876. The van der Waals surface area contributed by atoms with Crippen LogP contribution in [0.25, 0.3) is 10.9 Å². The zero-order valence-electron chi connectivity index (χ0n) is 11.9. The van der Waals surface area contributed by atoms with Gasteiger partial charge in [-0.1, -0.05) is 25.1 Å². The van der Waals surface area contributed by atoms with Crippen LogP contribution in [0, 0.1) is 18.3 Å². The molecule has 1 unspecified atom stereocenters. The van der Waals surface area contributed by atoms with Gasteiger partial charge >= 0.3 is 0 Å². The van der Waals surface area contributed by atoms with Crippen LogP contribution in [0.5, 0.6) is 5.75 Å². The van der Waals surface area contributed by atoms with Crippen molar-refractivity contribution in [1.29, 1.82) is 5.26 Å². The summed E-state index contributed by atoms with van der Waals surface area (Å²) in [5, 5.41) is 13.2. The summed E-state index contributed by atoms with van der Waals surface area (Å²) in [4.78, 5) is 4.52. The Morgan fingerprint density at radius 1 is 1.35 bits per heavy atom. The van der Waals surface area contributed by atoms with Crippen LogP contribution < -0.4 is 10.1 Å². The molecule has 0 amide bonds. The molecule has 4 nitrogen and oxygen atoms in total. The summed E-state index contributed by atoms with van der Waals surface area (Å²) in [6.45, 7) is 5.24. The number of nitrogens with one attached hydrogen (secondary N) is 1. The Labute approximate surface area is 119 Å². The van der Waals surface area contributed by atoms with Crippen molar-refractivity contribution in [2.24, 2.45) is 0 Å². The molecule has 0 bridgehead atoms. The van der Waals surface area contributed by atoms with Crippen LogP contribution in [0.4, 0.5) is 0 Å². The summed E-state index contributed by atoms with van der Waals surface area (Å²) in [6.07, 6.45) is 0.659. The lowest BCUT2D eigenvalue weighted by atomic mass is 10.2. The number of aromatic nitrogens is 1. The number of fused-ring (bicyclic) bond motifs is 1. The highest BCUT2D eigenvalue weighted by atomic mass is 16.5. The zero-order chi connectivity index (χ0) is 14.4. The summed E-state index contributed by atoms with van der Waals surface area (Å²) >= 11 is 0. The molecule has 1 N–H and O–H groups in total. The average Bonchev–Trinajstić information content (AvgIpc) is 2.46. The topological polar surface area (TPSA) is 57.9 Å². The van der Waals surface area contributed by atoms with E-state index < -0.39 is 0 Å². The van der Waals surface area contributed by atoms with Gasteiger partial charge < -0.3 is 10.1 Å². The van der Waals surface area contributed by atoms with Crippen LogP contribution in [0.3, 0.4) is 0 Å². The monoisotopic (exact) mass is 269 g/mol. The number of benzene rings is 1. The van der Waals surface area contributed by atoms with Crippen LogP contribution in [-0.4, -0.2) is 24.2 Å². The Morgan fingerprint density at radius 2 is 2.20 bits per heavy atom. The first kappa shape index (κ1) is 14.3. The molecule has 1 aromatic carbocycles. The Hall–Kier alpha value is -2.12. The van der Waals surface area contributed by atoms with Crippen molar-refractivity contribution in [3.05, 3.63) is 36.0 Å². The van der Waals surface area contributed by atoms with Gasteiger partial charge in [-0.2, -0.15) is 5.26 Å². The number of hydrogen-bond acceptors (Lipinski definition) is 4. The molecule has 0 aliphatic rings. The summed E-state index contributed by atoms with van der Waals surface area (Å²) in [5.41, 5.74) is 1.85. The highest BCUT2D eigenvalue weighted by molar-refractivity contribution is 5.84. The second-order valence-corrected chi connectivity index (χ2v) is 4.66. The van der Waals surface area contributed by atoms with E-state index in [1.807, 2.05) is 44.2 Å². The molecule has 20 heavy (non-hydrogen) atoms. The van der Waals surface area contributed by atoms with E-state index in [4.69, 9.17) is 10.00 Å². The lowest BCUT2D eigenvalue weighted by Crippen LogP contribution is -2.28. The number of rotatable bonds is 6. The Balaban J connectivity index is 2.06. The zero-order valence-corrected chi connectivity index (χ0v) is 11.9. The first-order chi connectivity index (χ1) is 9.74. The molecule has 1 aromatic heterocycles. The van der Waals surface area contributed by atoms with Gasteiger partial charge in [0.25, 0.3) is 0 Å². The van der Waals surface area contributed by atoms with Crippen molar-refractivity contribution < 1.29 is 4.74 Å². The summed E-state index contributed by atoms with van der Waals surface area (Å²) in [7, 11) is 0. The standard InChI is InChI=1S/C16H19N3O/c1-3-18-14(11-17)9-10-20-15-6-4-5-13-8-7-12(2)19-16(13)15/h4-8,14,18H,3,9-10H2,1-2H3. The fourth-order valence-corrected chi connectivity index (χ4v) is 2.08. The van der Waals surface area contributed by atoms with Gasteiger partial charge in [0.15, 0.2) is 0 Å². The van der Waals surface area contributed by atoms with E-state index >= 15 is 0 Å². The third kappa shape index (κ3) is 3.46. The predicted octanol–water partition coefficient (Wildman–Crippen LogP) is 2.81. The maximum atomic E-state index is 8.98. The van der Waals surface area contributed by atoms with Crippen molar-refractivity contribution in [1.82, 2.24) is 10.3 Å². The number of para-hydroxylation sites is 1. The molecule has 0 fully saturated rings. The molecule has 0 saturated heterocycles.